The fourth-order valence-electron chi connectivity index (χ4n) is 3.87. The first-order valence-corrected chi connectivity index (χ1v) is 12.3. The lowest BCUT2D eigenvalue weighted by atomic mass is 9.95. The van der Waals surface area contributed by atoms with Crippen LogP contribution in [0.4, 0.5) is 11.4 Å². The summed E-state index contributed by atoms with van der Waals surface area (Å²) in [7, 11) is -3.54. The van der Waals surface area contributed by atoms with Crippen molar-refractivity contribution in [3.63, 3.8) is 0 Å². The Labute approximate surface area is 182 Å². The summed E-state index contributed by atoms with van der Waals surface area (Å²) < 4.78 is 27.4. The molecule has 0 spiro atoms. The summed E-state index contributed by atoms with van der Waals surface area (Å²) in [6.07, 6.45) is 9.40. The number of sulfonamides is 1. The molecule has 9 heteroatoms. The molecular formula is C22H29N5O3S. The summed E-state index contributed by atoms with van der Waals surface area (Å²) in [5.41, 5.74) is 1.08. The molecule has 0 atom stereocenters. The molecule has 0 amide bonds. The number of hydrogen-bond acceptors (Lipinski definition) is 5. The van der Waals surface area contributed by atoms with Crippen molar-refractivity contribution in [2.45, 2.75) is 55.9 Å². The molecule has 8 nitrogen and oxygen atoms in total. The van der Waals surface area contributed by atoms with Crippen molar-refractivity contribution in [1.82, 2.24) is 9.71 Å². The highest BCUT2D eigenvalue weighted by atomic mass is 32.2. The number of anilines is 2. The van der Waals surface area contributed by atoms with Crippen LogP contribution in [0.15, 0.2) is 46.2 Å². The molecule has 0 bridgehead atoms. The molecule has 0 saturated heterocycles. The fraction of sp³-hybridized carbons (Fsp3) is 0.455. The number of aromatic nitrogens is 1. The summed E-state index contributed by atoms with van der Waals surface area (Å²) >= 11 is 0. The molecule has 2 aromatic rings. The average molecular weight is 444 g/mol. The molecule has 2 aliphatic rings. The fourth-order valence-corrected chi connectivity index (χ4v) is 4.99. The van der Waals surface area contributed by atoms with Crippen molar-refractivity contribution in [3.8, 4) is 0 Å². The van der Waals surface area contributed by atoms with E-state index in [1.807, 2.05) is 0 Å². The van der Waals surface area contributed by atoms with E-state index >= 15 is 0 Å². The first-order valence-electron chi connectivity index (χ1n) is 10.9. The number of pyridine rings is 1. The molecule has 2 saturated carbocycles. The van der Waals surface area contributed by atoms with Crippen molar-refractivity contribution >= 4 is 27.2 Å². The summed E-state index contributed by atoms with van der Waals surface area (Å²) in [6.45, 7) is 0.473. The third-order valence-electron chi connectivity index (χ3n) is 5.87. The standard InChI is InChI=1S/C22H29N5O3S/c23-21(20-19(12-13-24-22(20)28)26-16-4-2-1-3-5-16)27-17-8-10-18(11-9-17)31(29,30)25-14-15-6-7-15/h8-13,15-16,25H,1-7,14H2,(H2,23,27)(H2,24,26,28). The predicted molar refractivity (Wildman–Crippen MR) is 122 cm³/mol. The van der Waals surface area contributed by atoms with Gasteiger partial charge in [0, 0.05) is 24.5 Å². The van der Waals surface area contributed by atoms with Gasteiger partial charge < -0.3 is 15.6 Å². The number of H-pyrrole nitrogens is 1. The molecule has 166 valence electrons. The van der Waals surface area contributed by atoms with Gasteiger partial charge in [-0.3, -0.25) is 10.2 Å². The van der Waals surface area contributed by atoms with Crippen LogP contribution in [0.2, 0.25) is 0 Å². The molecule has 0 aliphatic heterocycles. The number of aromatic amines is 1. The minimum atomic E-state index is -3.54. The van der Waals surface area contributed by atoms with Crippen molar-refractivity contribution < 1.29 is 8.42 Å². The zero-order chi connectivity index (χ0) is 21.8. The van der Waals surface area contributed by atoms with E-state index in [4.69, 9.17) is 5.41 Å². The lowest BCUT2D eigenvalue weighted by Crippen LogP contribution is -2.29. The van der Waals surface area contributed by atoms with Crippen LogP contribution < -0.4 is 20.9 Å². The van der Waals surface area contributed by atoms with Crippen LogP contribution in [0.5, 0.6) is 0 Å². The highest BCUT2D eigenvalue weighted by Crippen LogP contribution is 2.28. The predicted octanol–water partition coefficient (Wildman–Crippen LogP) is 3.25. The Hall–Kier alpha value is -2.65. The molecule has 0 radical (unpaired) electrons. The van der Waals surface area contributed by atoms with Crippen LogP contribution in [-0.4, -0.2) is 31.8 Å². The van der Waals surface area contributed by atoms with Gasteiger partial charge >= 0.3 is 0 Å². The van der Waals surface area contributed by atoms with Gasteiger partial charge in [0.15, 0.2) is 0 Å². The summed E-state index contributed by atoms with van der Waals surface area (Å²) in [6, 6.07) is 8.29. The van der Waals surface area contributed by atoms with Crippen molar-refractivity contribution in [3.05, 3.63) is 52.4 Å². The molecule has 1 aromatic heterocycles. The number of hydrogen-bond donors (Lipinski definition) is 5. The number of amidine groups is 1. The van der Waals surface area contributed by atoms with Gasteiger partial charge in [0.1, 0.15) is 11.4 Å². The Balaban J connectivity index is 1.46. The van der Waals surface area contributed by atoms with Gasteiger partial charge in [-0.25, -0.2) is 13.1 Å². The quantitative estimate of drug-likeness (QED) is 0.316. The van der Waals surface area contributed by atoms with E-state index in [1.165, 1.54) is 18.6 Å². The largest absolute Gasteiger partial charge is 0.382 e. The average Bonchev–Trinajstić information content (AvgIpc) is 3.58. The molecule has 0 unspecified atom stereocenters. The van der Waals surface area contributed by atoms with Gasteiger partial charge in [0.2, 0.25) is 10.0 Å². The minimum Gasteiger partial charge on any atom is -0.382 e. The second-order valence-electron chi connectivity index (χ2n) is 8.39. The van der Waals surface area contributed by atoms with E-state index in [0.717, 1.165) is 38.5 Å². The highest BCUT2D eigenvalue weighted by molar-refractivity contribution is 7.89. The van der Waals surface area contributed by atoms with Gasteiger partial charge in [-0.15, -0.1) is 0 Å². The van der Waals surface area contributed by atoms with E-state index in [-0.39, 0.29) is 21.9 Å². The molecule has 2 aliphatic carbocycles. The normalized spacial score (nSPS) is 17.3. The lowest BCUT2D eigenvalue weighted by Gasteiger charge is -2.25. The zero-order valence-corrected chi connectivity index (χ0v) is 18.2. The minimum absolute atomic E-state index is 0.0392. The van der Waals surface area contributed by atoms with E-state index < -0.39 is 10.0 Å². The van der Waals surface area contributed by atoms with Crippen molar-refractivity contribution in [2.75, 3.05) is 17.2 Å². The van der Waals surface area contributed by atoms with Crippen molar-refractivity contribution in [2.24, 2.45) is 5.92 Å². The Morgan fingerprint density at radius 2 is 1.74 bits per heavy atom. The first kappa shape index (κ1) is 21.6. The Morgan fingerprint density at radius 3 is 2.42 bits per heavy atom. The monoisotopic (exact) mass is 443 g/mol. The maximum atomic E-state index is 12.5. The molecule has 1 aromatic carbocycles. The maximum Gasteiger partial charge on any atom is 0.261 e. The lowest BCUT2D eigenvalue weighted by molar-refractivity contribution is 0.462. The topological polar surface area (TPSA) is 127 Å². The second-order valence-corrected chi connectivity index (χ2v) is 10.2. The van der Waals surface area contributed by atoms with Crippen molar-refractivity contribution in [1.29, 1.82) is 5.41 Å². The van der Waals surface area contributed by atoms with Crippen LogP contribution in [0.3, 0.4) is 0 Å². The Kier molecular flexibility index (Phi) is 6.43. The Bertz CT molecular complexity index is 1080. The maximum absolute atomic E-state index is 12.5. The third kappa shape index (κ3) is 5.54. The second kappa shape index (κ2) is 9.23. The van der Waals surface area contributed by atoms with Gasteiger partial charge in [0.05, 0.1) is 10.6 Å². The van der Waals surface area contributed by atoms with Crippen LogP contribution in [0, 0.1) is 11.3 Å². The third-order valence-corrected chi connectivity index (χ3v) is 7.31. The summed E-state index contributed by atoms with van der Waals surface area (Å²) in [5.74, 6) is 0.416. The molecule has 4 rings (SSSR count). The van der Waals surface area contributed by atoms with E-state index in [9.17, 15) is 13.2 Å². The molecule has 1 heterocycles. The van der Waals surface area contributed by atoms with E-state index in [0.29, 0.717) is 29.9 Å². The Morgan fingerprint density at radius 1 is 1.03 bits per heavy atom. The molecule has 5 N–H and O–H groups in total. The van der Waals surface area contributed by atoms with Gasteiger partial charge in [-0.1, -0.05) is 19.3 Å². The highest BCUT2D eigenvalue weighted by Gasteiger charge is 2.24. The number of nitrogens with one attached hydrogen (secondary N) is 5. The van der Waals surface area contributed by atoms with Gasteiger partial charge in [-0.2, -0.15) is 0 Å². The summed E-state index contributed by atoms with van der Waals surface area (Å²) in [4.78, 5) is 15.3. The molecule has 31 heavy (non-hydrogen) atoms. The first-order chi connectivity index (χ1) is 14.9. The van der Waals surface area contributed by atoms with Crippen LogP contribution in [-0.2, 0) is 10.0 Å². The van der Waals surface area contributed by atoms with Gasteiger partial charge in [0.25, 0.3) is 5.56 Å². The van der Waals surface area contributed by atoms with Crippen LogP contribution >= 0.6 is 0 Å². The van der Waals surface area contributed by atoms with E-state index in [2.05, 4.69) is 20.3 Å². The molecule has 2 fully saturated rings. The number of rotatable bonds is 8. The SMILES string of the molecule is N=C(Nc1ccc(S(=O)(=O)NCC2CC2)cc1)c1c(NC2CCCCC2)cc[nH]c1=O. The van der Waals surface area contributed by atoms with Crippen LogP contribution in [0.25, 0.3) is 0 Å². The molecular weight excluding hydrogens is 414 g/mol. The van der Waals surface area contributed by atoms with Gasteiger partial charge in [-0.05, 0) is 61.9 Å². The smallest absolute Gasteiger partial charge is 0.261 e. The zero-order valence-electron chi connectivity index (χ0n) is 17.4. The summed E-state index contributed by atoms with van der Waals surface area (Å²) in [5, 5.41) is 14.8. The van der Waals surface area contributed by atoms with E-state index in [1.54, 1.807) is 24.4 Å². The van der Waals surface area contributed by atoms with Crippen LogP contribution in [0.1, 0.15) is 50.5 Å². The number of benzene rings is 1.